The number of alkyl halides is 2. The van der Waals surface area contributed by atoms with Gasteiger partial charge in [0.15, 0.2) is 11.5 Å². The van der Waals surface area contributed by atoms with E-state index in [9.17, 15) is 8.78 Å². The van der Waals surface area contributed by atoms with Gasteiger partial charge in [-0.05, 0) is 32.4 Å². The van der Waals surface area contributed by atoms with Crippen molar-refractivity contribution in [1.82, 2.24) is 5.32 Å². The second-order valence-electron chi connectivity index (χ2n) is 4.66. The zero-order valence-corrected chi connectivity index (χ0v) is 9.43. The van der Waals surface area contributed by atoms with Crippen LogP contribution < -0.4 is 14.8 Å². The number of para-hydroxylation sites is 1. The molecule has 0 aliphatic carbocycles. The fraction of sp³-hybridized carbons (Fsp3) is 0.500. The predicted octanol–water partition coefficient (Wildman–Crippen LogP) is 2.61. The average Bonchev–Trinajstić information content (AvgIpc) is 2.79. The van der Waals surface area contributed by atoms with Crippen LogP contribution in [0, 0.1) is 0 Å². The summed E-state index contributed by atoms with van der Waals surface area (Å²) in [5, 5.41) is 3.33. The van der Waals surface area contributed by atoms with Gasteiger partial charge in [-0.1, -0.05) is 12.1 Å². The SMILES string of the molecule is CC1(c2cccc3c2OC(F)(F)O3)CCCN1. The van der Waals surface area contributed by atoms with Crippen molar-refractivity contribution in [2.45, 2.75) is 31.6 Å². The maximum absolute atomic E-state index is 13.1. The Balaban J connectivity index is 2.06. The Kier molecular flexibility index (Phi) is 2.10. The number of hydrogen-bond donors (Lipinski definition) is 1. The van der Waals surface area contributed by atoms with Crippen molar-refractivity contribution in [3.05, 3.63) is 23.8 Å². The van der Waals surface area contributed by atoms with Crippen molar-refractivity contribution in [2.75, 3.05) is 6.54 Å². The summed E-state index contributed by atoms with van der Waals surface area (Å²) in [6.45, 7) is 2.88. The number of nitrogens with one attached hydrogen (secondary N) is 1. The first kappa shape index (κ1) is 10.8. The van der Waals surface area contributed by atoms with Crippen LogP contribution in [0.2, 0.25) is 0 Å². The molecule has 5 heteroatoms. The summed E-state index contributed by atoms with van der Waals surface area (Å²) in [7, 11) is 0. The van der Waals surface area contributed by atoms with E-state index in [4.69, 9.17) is 0 Å². The lowest BCUT2D eigenvalue weighted by Crippen LogP contribution is -2.34. The van der Waals surface area contributed by atoms with Crippen LogP contribution in [-0.2, 0) is 5.54 Å². The number of rotatable bonds is 1. The molecule has 2 heterocycles. The van der Waals surface area contributed by atoms with Gasteiger partial charge in [-0.15, -0.1) is 8.78 Å². The second-order valence-corrected chi connectivity index (χ2v) is 4.66. The fourth-order valence-corrected chi connectivity index (χ4v) is 2.53. The van der Waals surface area contributed by atoms with Crippen LogP contribution in [0.15, 0.2) is 18.2 Å². The maximum Gasteiger partial charge on any atom is 0.586 e. The number of ether oxygens (including phenoxy) is 2. The van der Waals surface area contributed by atoms with Gasteiger partial charge in [-0.25, -0.2) is 0 Å². The van der Waals surface area contributed by atoms with Crippen molar-refractivity contribution in [3.8, 4) is 11.5 Å². The first-order valence-electron chi connectivity index (χ1n) is 5.65. The van der Waals surface area contributed by atoms with E-state index in [1.165, 1.54) is 6.07 Å². The van der Waals surface area contributed by atoms with E-state index >= 15 is 0 Å². The molecule has 0 saturated carbocycles. The van der Waals surface area contributed by atoms with Gasteiger partial charge >= 0.3 is 6.29 Å². The quantitative estimate of drug-likeness (QED) is 0.819. The van der Waals surface area contributed by atoms with Crippen LogP contribution in [0.25, 0.3) is 0 Å². The molecule has 2 aliphatic rings. The van der Waals surface area contributed by atoms with Crippen molar-refractivity contribution in [1.29, 1.82) is 0 Å². The highest BCUT2D eigenvalue weighted by Gasteiger charge is 2.47. The number of halogens is 2. The molecule has 2 aliphatic heterocycles. The highest BCUT2D eigenvalue weighted by Crippen LogP contribution is 2.48. The van der Waals surface area contributed by atoms with Gasteiger partial charge in [-0.2, -0.15) is 0 Å². The van der Waals surface area contributed by atoms with Gasteiger partial charge in [0.1, 0.15) is 0 Å². The van der Waals surface area contributed by atoms with Crippen LogP contribution >= 0.6 is 0 Å². The summed E-state index contributed by atoms with van der Waals surface area (Å²) < 4.78 is 35.2. The third-order valence-corrected chi connectivity index (χ3v) is 3.39. The van der Waals surface area contributed by atoms with E-state index < -0.39 is 6.29 Å². The van der Waals surface area contributed by atoms with Crippen LogP contribution in [-0.4, -0.2) is 12.8 Å². The topological polar surface area (TPSA) is 30.5 Å². The van der Waals surface area contributed by atoms with Gasteiger partial charge in [0.25, 0.3) is 0 Å². The third-order valence-electron chi connectivity index (χ3n) is 3.39. The van der Waals surface area contributed by atoms with E-state index in [0.29, 0.717) is 0 Å². The fourth-order valence-electron chi connectivity index (χ4n) is 2.53. The largest absolute Gasteiger partial charge is 0.586 e. The van der Waals surface area contributed by atoms with Crippen LogP contribution in [0.5, 0.6) is 11.5 Å². The Morgan fingerprint density at radius 2 is 2.12 bits per heavy atom. The lowest BCUT2D eigenvalue weighted by Gasteiger charge is -2.26. The normalized spacial score (nSPS) is 29.6. The Bertz CT molecular complexity index is 456. The lowest BCUT2D eigenvalue weighted by molar-refractivity contribution is -0.287. The molecule has 3 rings (SSSR count). The third kappa shape index (κ3) is 1.65. The summed E-state index contributed by atoms with van der Waals surface area (Å²) in [5.74, 6) is 0.275. The number of hydrogen-bond acceptors (Lipinski definition) is 3. The van der Waals surface area contributed by atoms with Gasteiger partial charge < -0.3 is 14.8 Å². The molecule has 1 fully saturated rings. The Morgan fingerprint density at radius 3 is 2.82 bits per heavy atom. The summed E-state index contributed by atoms with van der Waals surface area (Å²) in [6.07, 6.45) is -1.62. The van der Waals surface area contributed by atoms with Gasteiger partial charge in [0.2, 0.25) is 0 Å². The highest BCUT2D eigenvalue weighted by atomic mass is 19.3. The Hall–Kier alpha value is -1.36. The minimum absolute atomic E-state index is 0.113. The molecule has 0 spiro atoms. The molecule has 0 amide bonds. The Labute approximate surface area is 97.7 Å². The van der Waals surface area contributed by atoms with E-state index in [0.717, 1.165) is 24.9 Å². The molecule has 0 aromatic heterocycles. The molecule has 17 heavy (non-hydrogen) atoms. The van der Waals surface area contributed by atoms with E-state index in [1.807, 2.05) is 13.0 Å². The van der Waals surface area contributed by atoms with Crippen LogP contribution in [0.1, 0.15) is 25.3 Å². The van der Waals surface area contributed by atoms with E-state index in [1.54, 1.807) is 6.07 Å². The smallest absolute Gasteiger partial charge is 0.395 e. The molecule has 3 nitrogen and oxygen atoms in total. The van der Waals surface area contributed by atoms with Gasteiger partial charge in [0, 0.05) is 11.1 Å². The van der Waals surface area contributed by atoms with Gasteiger partial charge in [0.05, 0.1) is 0 Å². The standard InChI is InChI=1S/C12H13F2NO2/c1-11(6-3-7-15-11)8-4-2-5-9-10(8)17-12(13,14)16-9/h2,4-5,15H,3,6-7H2,1H3. The molecule has 1 saturated heterocycles. The zero-order chi connectivity index (χ0) is 12.1. The predicted molar refractivity (Wildman–Crippen MR) is 57.2 cm³/mol. The molecule has 1 aromatic rings. The molecule has 1 atom stereocenters. The average molecular weight is 241 g/mol. The second kappa shape index (κ2) is 3.32. The first-order valence-corrected chi connectivity index (χ1v) is 5.65. The lowest BCUT2D eigenvalue weighted by atomic mass is 9.89. The van der Waals surface area contributed by atoms with Crippen LogP contribution in [0.4, 0.5) is 8.78 Å². The van der Waals surface area contributed by atoms with Crippen molar-refractivity contribution in [3.63, 3.8) is 0 Å². The van der Waals surface area contributed by atoms with Crippen molar-refractivity contribution >= 4 is 0 Å². The minimum Gasteiger partial charge on any atom is -0.395 e. The monoisotopic (exact) mass is 241 g/mol. The molecule has 1 unspecified atom stereocenters. The molecule has 1 N–H and O–H groups in total. The first-order chi connectivity index (χ1) is 8.00. The Morgan fingerprint density at radius 1 is 1.29 bits per heavy atom. The van der Waals surface area contributed by atoms with Gasteiger partial charge in [-0.3, -0.25) is 0 Å². The van der Waals surface area contributed by atoms with Crippen LogP contribution in [0.3, 0.4) is 0 Å². The van der Waals surface area contributed by atoms with E-state index in [2.05, 4.69) is 14.8 Å². The zero-order valence-electron chi connectivity index (χ0n) is 9.43. The minimum atomic E-state index is -3.55. The van der Waals surface area contributed by atoms with E-state index in [-0.39, 0.29) is 17.0 Å². The molecular weight excluding hydrogens is 228 g/mol. The van der Waals surface area contributed by atoms with Crippen molar-refractivity contribution < 1.29 is 18.3 Å². The molecule has 92 valence electrons. The molecule has 0 radical (unpaired) electrons. The molecule has 0 bridgehead atoms. The molecule has 1 aromatic carbocycles. The molecular formula is C12H13F2NO2. The summed E-state index contributed by atoms with van der Waals surface area (Å²) >= 11 is 0. The number of benzene rings is 1. The summed E-state index contributed by atoms with van der Waals surface area (Å²) in [5.41, 5.74) is 0.430. The number of fused-ring (bicyclic) bond motifs is 1. The maximum atomic E-state index is 13.1. The summed E-state index contributed by atoms with van der Waals surface area (Å²) in [4.78, 5) is 0. The highest BCUT2D eigenvalue weighted by molar-refractivity contribution is 5.51. The summed E-state index contributed by atoms with van der Waals surface area (Å²) in [6, 6.07) is 5.02. The van der Waals surface area contributed by atoms with Crippen molar-refractivity contribution in [2.24, 2.45) is 0 Å².